The van der Waals surface area contributed by atoms with Crippen LogP contribution in [0.25, 0.3) is 11.4 Å². The number of fused-ring (bicyclic) bond motifs is 1. The number of aromatic amines is 1. The molecule has 0 fully saturated rings. The van der Waals surface area contributed by atoms with Gasteiger partial charge in [0.1, 0.15) is 5.82 Å². The molecule has 0 aliphatic carbocycles. The minimum atomic E-state index is -0.136. The smallest absolute Gasteiger partial charge is 0.256 e. The van der Waals surface area contributed by atoms with Crippen LogP contribution < -0.4 is 5.56 Å². The second-order valence-electron chi connectivity index (χ2n) is 6.21. The van der Waals surface area contributed by atoms with Crippen molar-refractivity contribution < 1.29 is 4.79 Å². The van der Waals surface area contributed by atoms with E-state index in [0.29, 0.717) is 37.3 Å². The van der Waals surface area contributed by atoms with E-state index in [9.17, 15) is 9.59 Å². The Morgan fingerprint density at radius 3 is 2.67 bits per heavy atom. The summed E-state index contributed by atoms with van der Waals surface area (Å²) >= 11 is 0. The summed E-state index contributed by atoms with van der Waals surface area (Å²) in [5.41, 5.74) is 3.47. The van der Waals surface area contributed by atoms with Crippen molar-refractivity contribution in [2.75, 3.05) is 6.54 Å². The standard InChI is InChI=1S/C19H23N3O2/c1-3-5-17(23)22-11-10-16-15(12-22)19(24)21-18(20-16)14-8-6-13(4-2)7-9-14/h6-9H,3-5,10-12H2,1-2H3,(H,20,21,24). The van der Waals surface area contributed by atoms with Crippen molar-refractivity contribution in [1.29, 1.82) is 0 Å². The van der Waals surface area contributed by atoms with Gasteiger partial charge < -0.3 is 9.88 Å². The number of H-pyrrole nitrogens is 1. The fraction of sp³-hybridized carbons (Fsp3) is 0.421. The predicted octanol–water partition coefficient (Wildman–Crippen LogP) is 2.68. The van der Waals surface area contributed by atoms with Crippen molar-refractivity contribution in [1.82, 2.24) is 14.9 Å². The maximum Gasteiger partial charge on any atom is 0.256 e. The fourth-order valence-corrected chi connectivity index (χ4v) is 3.04. The molecular formula is C19H23N3O2. The first kappa shape index (κ1) is 16.4. The molecule has 0 unspecified atom stereocenters. The number of carbonyl (C=O) groups excluding carboxylic acids is 1. The number of amides is 1. The number of hydrogen-bond acceptors (Lipinski definition) is 3. The molecule has 1 aromatic heterocycles. The zero-order valence-electron chi connectivity index (χ0n) is 14.3. The lowest BCUT2D eigenvalue weighted by atomic mass is 10.1. The molecule has 3 rings (SSSR count). The third kappa shape index (κ3) is 3.25. The summed E-state index contributed by atoms with van der Waals surface area (Å²) in [6, 6.07) is 8.09. The second kappa shape index (κ2) is 6.99. The first-order chi connectivity index (χ1) is 11.6. The van der Waals surface area contributed by atoms with Crippen LogP contribution in [0, 0.1) is 0 Å². The highest BCUT2D eigenvalue weighted by molar-refractivity contribution is 5.76. The van der Waals surface area contributed by atoms with Gasteiger partial charge in [-0.25, -0.2) is 4.98 Å². The molecule has 0 saturated heterocycles. The molecule has 1 aliphatic heterocycles. The zero-order valence-corrected chi connectivity index (χ0v) is 14.3. The quantitative estimate of drug-likeness (QED) is 0.940. The minimum absolute atomic E-state index is 0.113. The molecule has 126 valence electrons. The van der Waals surface area contributed by atoms with E-state index < -0.39 is 0 Å². The highest BCUT2D eigenvalue weighted by Crippen LogP contribution is 2.20. The molecule has 0 bridgehead atoms. The number of aromatic nitrogens is 2. The van der Waals surface area contributed by atoms with Gasteiger partial charge in [0.05, 0.1) is 17.8 Å². The number of aryl methyl sites for hydroxylation is 1. The summed E-state index contributed by atoms with van der Waals surface area (Å²) in [5.74, 6) is 0.719. The molecule has 0 atom stereocenters. The normalized spacial score (nSPS) is 13.7. The van der Waals surface area contributed by atoms with Crippen LogP contribution in [-0.4, -0.2) is 27.3 Å². The van der Waals surface area contributed by atoms with Gasteiger partial charge >= 0.3 is 0 Å². The van der Waals surface area contributed by atoms with Gasteiger partial charge in [0.15, 0.2) is 0 Å². The Balaban J connectivity index is 1.89. The Labute approximate surface area is 141 Å². The lowest BCUT2D eigenvalue weighted by Gasteiger charge is -2.27. The largest absolute Gasteiger partial charge is 0.338 e. The molecule has 1 N–H and O–H groups in total. The Kier molecular flexibility index (Phi) is 4.79. The van der Waals surface area contributed by atoms with Gasteiger partial charge in [0.2, 0.25) is 5.91 Å². The van der Waals surface area contributed by atoms with E-state index >= 15 is 0 Å². The number of hydrogen-bond donors (Lipinski definition) is 1. The molecule has 0 radical (unpaired) electrons. The number of carbonyl (C=O) groups is 1. The Morgan fingerprint density at radius 1 is 1.25 bits per heavy atom. The van der Waals surface area contributed by atoms with Crippen LogP contribution in [0.2, 0.25) is 0 Å². The first-order valence-electron chi connectivity index (χ1n) is 8.61. The number of nitrogens with one attached hydrogen (secondary N) is 1. The monoisotopic (exact) mass is 325 g/mol. The third-order valence-electron chi connectivity index (χ3n) is 4.52. The van der Waals surface area contributed by atoms with Crippen molar-refractivity contribution in [3.63, 3.8) is 0 Å². The zero-order chi connectivity index (χ0) is 17.1. The van der Waals surface area contributed by atoms with Crippen LogP contribution in [0.1, 0.15) is 43.5 Å². The molecule has 1 amide bonds. The summed E-state index contributed by atoms with van der Waals surface area (Å²) in [6.45, 7) is 5.10. The Hall–Kier alpha value is -2.43. The van der Waals surface area contributed by atoms with Crippen LogP contribution in [0.4, 0.5) is 0 Å². The summed E-state index contributed by atoms with van der Waals surface area (Å²) in [7, 11) is 0. The molecule has 0 spiro atoms. The fourth-order valence-electron chi connectivity index (χ4n) is 3.04. The molecule has 1 aromatic carbocycles. The van der Waals surface area contributed by atoms with Crippen LogP contribution in [0.3, 0.4) is 0 Å². The summed E-state index contributed by atoms with van der Waals surface area (Å²) in [5, 5.41) is 0. The highest BCUT2D eigenvalue weighted by atomic mass is 16.2. The van der Waals surface area contributed by atoms with E-state index in [0.717, 1.165) is 24.1 Å². The van der Waals surface area contributed by atoms with E-state index in [1.54, 1.807) is 4.90 Å². The van der Waals surface area contributed by atoms with E-state index in [-0.39, 0.29) is 11.5 Å². The molecule has 0 saturated carbocycles. The van der Waals surface area contributed by atoms with Gasteiger partial charge in [-0.05, 0) is 18.4 Å². The van der Waals surface area contributed by atoms with E-state index in [4.69, 9.17) is 0 Å². The van der Waals surface area contributed by atoms with Crippen molar-refractivity contribution in [2.45, 2.75) is 46.1 Å². The second-order valence-corrected chi connectivity index (χ2v) is 6.21. The summed E-state index contributed by atoms with van der Waals surface area (Å²) in [4.78, 5) is 33.8. The minimum Gasteiger partial charge on any atom is -0.338 e. The van der Waals surface area contributed by atoms with Crippen LogP contribution in [-0.2, 0) is 24.2 Å². The summed E-state index contributed by atoms with van der Waals surface area (Å²) < 4.78 is 0. The average Bonchev–Trinajstić information content (AvgIpc) is 2.61. The van der Waals surface area contributed by atoms with Crippen LogP contribution >= 0.6 is 0 Å². The molecule has 5 heteroatoms. The van der Waals surface area contributed by atoms with E-state index in [1.165, 1.54) is 5.56 Å². The first-order valence-corrected chi connectivity index (χ1v) is 8.61. The maximum atomic E-state index is 12.5. The topological polar surface area (TPSA) is 66.1 Å². The number of benzene rings is 1. The Morgan fingerprint density at radius 2 is 2.00 bits per heavy atom. The van der Waals surface area contributed by atoms with Crippen molar-refractivity contribution in [3.05, 3.63) is 51.4 Å². The lowest BCUT2D eigenvalue weighted by molar-refractivity contribution is -0.132. The van der Waals surface area contributed by atoms with Crippen molar-refractivity contribution in [2.24, 2.45) is 0 Å². The van der Waals surface area contributed by atoms with E-state index in [2.05, 4.69) is 29.0 Å². The average molecular weight is 325 g/mol. The van der Waals surface area contributed by atoms with Crippen LogP contribution in [0.15, 0.2) is 29.1 Å². The molecular weight excluding hydrogens is 302 g/mol. The molecule has 24 heavy (non-hydrogen) atoms. The van der Waals surface area contributed by atoms with Gasteiger partial charge in [-0.1, -0.05) is 38.1 Å². The molecule has 1 aliphatic rings. The number of nitrogens with zero attached hydrogens (tertiary/aromatic N) is 2. The van der Waals surface area contributed by atoms with Crippen LogP contribution in [0.5, 0.6) is 0 Å². The van der Waals surface area contributed by atoms with Gasteiger partial charge in [-0.15, -0.1) is 0 Å². The predicted molar refractivity (Wildman–Crippen MR) is 93.7 cm³/mol. The van der Waals surface area contributed by atoms with E-state index in [1.807, 2.05) is 19.1 Å². The summed E-state index contributed by atoms with van der Waals surface area (Å²) in [6.07, 6.45) is 2.97. The lowest BCUT2D eigenvalue weighted by Crippen LogP contribution is -2.39. The molecule has 5 nitrogen and oxygen atoms in total. The third-order valence-corrected chi connectivity index (χ3v) is 4.52. The number of rotatable bonds is 4. The van der Waals surface area contributed by atoms with Gasteiger partial charge in [-0.3, -0.25) is 9.59 Å². The SMILES string of the molecule is CCCC(=O)N1CCc2nc(-c3ccc(CC)cc3)[nH]c(=O)c2C1. The van der Waals surface area contributed by atoms with Gasteiger partial charge in [-0.2, -0.15) is 0 Å². The Bertz CT molecular complexity index is 793. The molecule has 2 aromatic rings. The van der Waals surface area contributed by atoms with Crippen molar-refractivity contribution >= 4 is 5.91 Å². The highest BCUT2D eigenvalue weighted by Gasteiger charge is 2.24. The molecule has 2 heterocycles. The van der Waals surface area contributed by atoms with Gasteiger partial charge in [0.25, 0.3) is 5.56 Å². The maximum absolute atomic E-state index is 12.5. The van der Waals surface area contributed by atoms with Crippen molar-refractivity contribution in [3.8, 4) is 11.4 Å². The van der Waals surface area contributed by atoms with Gasteiger partial charge in [0, 0.05) is 24.9 Å².